The SMILES string of the molecule is COc1cccc(Nc2nnc(SCC(=O)Nc3c(Cl)cccc3Cl)s2)c1. The second-order valence-electron chi connectivity index (χ2n) is 5.16. The van der Waals surface area contributed by atoms with Crippen LogP contribution in [0.2, 0.25) is 10.0 Å². The van der Waals surface area contributed by atoms with E-state index in [2.05, 4.69) is 20.8 Å². The average molecular weight is 441 g/mol. The van der Waals surface area contributed by atoms with Crippen LogP contribution < -0.4 is 15.4 Å². The van der Waals surface area contributed by atoms with E-state index in [1.807, 2.05) is 24.3 Å². The molecule has 0 aliphatic carbocycles. The Balaban J connectivity index is 1.55. The first-order valence-corrected chi connectivity index (χ1v) is 10.2. The zero-order valence-electron chi connectivity index (χ0n) is 14.0. The molecule has 1 amide bonds. The Morgan fingerprint density at radius 2 is 1.93 bits per heavy atom. The van der Waals surface area contributed by atoms with Gasteiger partial charge in [0.1, 0.15) is 5.75 Å². The lowest BCUT2D eigenvalue weighted by Crippen LogP contribution is -2.14. The number of carbonyl (C=O) groups excluding carboxylic acids is 1. The minimum Gasteiger partial charge on any atom is -0.497 e. The quantitative estimate of drug-likeness (QED) is 0.483. The molecule has 0 radical (unpaired) electrons. The van der Waals surface area contributed by atoms with E-state index in [-0.39, 0.29) is 11.7 Å². The fraction of sp³-hybridized carbons (Fsp3) is 0.118. The molecule has 1 aromatic heterocycles. The fourth-order valence-corrected chi connectivity index (χ4v) is 4.13. The van der Waals surface area contributed by atoms with Crippen LogP contribution in [-0.2, 0) is 4.79 Å². The lowest BCUT2D eigenvalue weighted by molar-refractivity contribution is -0.113. The predicted molar refractivity (Wildman–Crippen MR) is 112 cm³/mol. The number of thioether (sulfide) groups is 1. The molecule has 2 N–H and O–H groups in total. The maximum absolute atomic E-state index is 12.1. The molecule has 2 aromatic carbocycles. The van der Waals surface area contributed by atoms with Crippen LogP contribution in [0.4, 0.5) is 16.5 Å². The average Bonchev–Trinajstić information content (AvgIpc) is 3.10. The summed E-state index contributed by atoms with van der Waals surface area (Å²) >= 11 is 14.7. The predicted octanol–water partition coefficient (Wildman–Crippen LogP) is 5.33. The molecule has 0 unspecified atom stereocenters. The third-order valence-electron chi connectivity index (χ3n) is 3.28. The smallest absolute Gasteiger partial charge is 0.234 e. The molecule has 0 bridgehead atoms. The molecular weight excluding hydrogens is 427 g/mol. The van der Waals surface area contributed by atoms with Gasteiger partial charge in [0.2, 0.25) is 11.0 Å². The van der Waals surface area contributed by atoms with Gasteiger partial charge in [-0.15, -0.1) is 10.2 Å². The van der Waals surface area contributed by atoms with Gasteiger partial charge in [-0.25, -0.2) is 0 Å². The van der Waals surface area contributed by atoms with E-state index in [4.69, 9.17) is 27.9 Å². The number of nitrogens with zero attached hydrogens (tertiary/aromatic N) is 2. The molecular formula is C17H14Cl2N4O2S2. The van der Waals surface area contributed by atoms with Crippen molar-refractivity contribution >= 4 is 68.7 Å². The highest BCUT2D eigenvalue weighted by Gasteiger charge is 2.12. The van der Waals surface area contributed by atoms with E-state index < -0.39 is 0 Å². The number of rotatable bonds is 7. The molecule has 0 saturated carbocycles. The lowest BCUT2D eigenvalue weighted by Gasteiger charge is -2.08. The first kappa shape index (κ1) is 19.8. The molecule has 0 fully saturated rings. The Kier molecular flexibility index (Phi) is 6.78. The van der Waals surface area contributed by atoms with E-state index in [1.165, 1.54) is 23.1 Å². The van der Waals surface area contributed by atoms with Crippen molar-refractivity contribution in [3.63, 3.8) is 0 Å². The fourth-order valence-electron chi connectivity index (χ4n) is 2.06. The number of amides is 1. The molecule has 10 heteroatoms. The maximum atomic E-state index is 12.1. The Morgan fingerprint density at radius 1 is 1.19 bits per heavy atom. The first-order chi connectivity index (χ1) is 13.0. The molecule has 1 heterocycles. The van der Waals surface area contributed by atoms with Crippen molar-refractivity contribution in [1.29, 1.82) is 0 Å². The van der Waals surface area contributed by atoms with Gasteiger partial charge in [0, 0.05) is 11.8 Å². The van der Waals surface area contributed by atoms with Gasteiger partial charge in [0.25, 0.3) is 0 Å². The third kappa shape index (κ3) is 5.49. The molecule has 0 aliphatic heterocycles. The molecule has 140 valence electrons. The highest BCUT2D eigenvalue weighted by molar-refractivity contribution is 8.01. The van der Waals surface area contributed by atoms with E-state index >= 15 is 0 Å². The van der Waals surface area contributed by atoms with Crippen LogP contribution in [0.5, 0.6) is 5.75 Å². The number of benzene rings is 2. The first-order valence-electron chi connectivity index (χ1n) is 7.66. The van der Waals surface area contributed by atoms with Crippen LogP contribution >= 0.6 is 46.3 Å². The molecule has 0 saturated heterocycles. The second kappa shape index (κ2) is 9.27. The van der Waals surface area contributed by atoms with Crippen molar-refractivity contribution in [1.82, 2.24) is 10.2 Å². The topological polar surface area (TPSA) is 76.1 Å². The Labute approximate surface area is 174 Å². The van der Waals surface area contributed by atoms with Crippen molar-refractivity contribution < 1.29 is 9.53 Å². The zero-order chi connectivity index (χ0) is 19.2. The van der Waals surface area contributed by atoms with Crippen molar-refractivity contribution in [2.75, 3.05) is 23.5 Å². The molecule has 27 heavy (non-hydrogen) atoms. The summed E-state index contributed by atoms with van der Waals surface area (Å²) in [6.45, 7) is 0. The van der Waals surface area contributed by atoms with Crippen LogP contribution in [0, 0.1) is 0 Å². The Morgan fingerprint density at radius 3 is 2.67 bits per heavy atom. The summed E-state index contributed by atoms with van der Waals surface area (Å²) in [6, 6.07) is 12.5. The van der Waals surface area contributed by atoms with Gasteiger partial charge in [-0.1, -0.05) is 58.4 Å². The van der Waals surface area contributed by atoms with Crippen LogP contribution in [-0.4, -0.2) is 29.0 Å². The maximum Gasteiger partial charge on any atom is 0.234 e. The minimum absolute atomic E-state index is 0.162. The highest BCUT2D eigenvalue weighted by atomic mass is 35.5. The summed E-state index contributed by atoms with van der Waals surface area (Å²) in [5.41, 5.74) is 1.25. The third-order valence-corrected chi connectivity index (χ3v) is 5.88. The standard InChI is InChI=1S/C17H14Cl2N4O2S2/c1-25-11-5-2-4-10(8-11)20-16-22-23-17(27-16)26-9-14(24)21-15-12(18)6-3-7-13(15)19/h2-8H,9H2,1H3,(H,20,22)(H,21,24). The summed E-state index contributed by atoms with van der Waals surface area (Å²) in [5, 5.41) is 15.4. The number of halogens is 2. The van der Waals surface area contributed by atoms with Gasteiger partial charge in [-0.05, 0) is 24.3 Å². The summed E-state index contributed by atoms with van der Waals surface area (Å²) in [4.78, 5) is 12.1. The highest BCUT2D eigenvalue weighted by Crippen LogP contribution is 2.31. The second-order valence-corrected chi connectivity index (χ2v) is 8.18. The van der Waals surface area contributed by atoms with E-state index in [9.17, 15) is 4.79 Å². The van der Waals surface area contributed by atoms with Crippen molar-refractivity contribution in [3.05, 3.63) is 52.5 Å². The van der Waals surface area contributed by atoms with Crippen LogP contribution in [0.15, 0.2) is 46.8 Å². The lowest BCUT2D eigenvalue weighted by atomic mass is 10.3. The molecule has 0 aliphatic rings. The monoisotopic (exact) mass is 440 g/mol. The van der Waals surface area contributed by atoms with Gasteiger partial charge in [-0.3, -0.25) is 4.79 Å². The molecule has 6 nitrogen and oxygen atoms in total. The van der Waals surface area contributed by atoms with Gasteiger partial charge in [0.15, 0.2) is 4.34 Å². The number of carbonyl (C=O) groups is 1. The summed E-state index contributed by atoms with van der Waals surface area (Å²) in [7, 11) is 1.61. The Bertz CT molecular complexity index is 932. The van der Waals surface area contributed by atoms with Crippen LogP contribution in [0.25, 0.3) is 0 Å². The van der Waals surface area contributed by atoms with Crippen LogP contribution in [0.1, 0.15) is 0 Å². The number of hydrogen-bond donors (Lipinski definition) is 2. The number of ether oxygens (including phenoxy) is 1. The number of aromatic nitrogens is 2. The number of para-hydroxylation sites is 1. The van der Waals surface area contributed by atoms with Gasteiger partial charge in [-0.2, -0.15) is 0 Å². The van der Waals surface area contributed by atoms with Gasteiger partial charge >= 0.3 is 0 Å². The zero-order valence-corrected chi connectivity index (χ0v) is 17.2. The normalized spacial score (nSPS) is 10.5. The number of anilines is 3. The van der Waals surface area contributed by atoms with E-state index in [0.29, 0.717) is 25.2 Å². The van der Waals surface area contributed by atoms with Gasteiger partial charge < -0.3 is 15.4 Å². The molecule has 0 spiro atoms. The van der Waals surface area contributed by atoms with Crippen LogP contribution in [0.3, 0.4) is 0 Å². The van der Waals surface area contributed by atoms with Crippen molar-refractivity contribution in [3.8, 4) is 5.75 Å². The minimum atomic E-state index is -0.229. The largest absolute Gasteiger partial charge is 0.497 e. The van der Waals surface area contributed by atoms with Crippen molar-refractivity contribution in [2.24, 2.45) is 0 Å². The molecule has 0 atom stereocenters. The number of nitrogens with one attached hydrogen (secondary N) is 2. The number of hydrogen-bond acceptors (Lipinski definition) is 7. The van der Waals surface area contributed by atoms with E-state index in [1.54, 1.807) is 25.3 Å². The van der Waals surface area contributed by atoms with E-state index in [0.717, 1.165) is 11.4 Å². The Hall–Kier alpha value is -2.00. The van der Waals surface area contributed by atoms with Gasteiger partial charge in [0.05, 0.1) is 28.6 Å². The summed E-state index contributed by atoms with van der Waals surface area (Å²) < 4.78 is 5.86. The summed E-state index contributed by atoms with van der Waals surface area (Å²) in [5.74, 6) is 0.677. The molecule has 3 rings (SSSR count). The molecule has 3 aromatic rings. The summed E-state index contributed by atoms with van der Waals surface area (Å²) in [6.07, 6.45) is 0. The van der Waals surface area contributed by atoms with Crippen molar-refractivity contribution in [2.45, 2.75) is 4.34 Å². The number of methoxy groups -OCH3 is 1.